The van der Waals surface area contributed by atoms with Crippen LogP contribution >= 0.6 is 0 Å². The molecular formula is C26H43NO4Sn. The Morgan fingerprint density at radius 3 is 1.88 bits per heavy atom. The predicted octanol–water partition coefficient (Wildman–Crippen LogP) is 6.44. The van der Waals surface area contributed by atoms with E-state index in [1.54, 1.807) is 6.08 Å². The third kappa shape index (κ3) is 9.55. The molecule has 0 aliphatic carbocycles. The molecule has 0 saturated carbocycles. The standard InChI is InChI=1S/C14H16NO4.3C4H9.Sn/c1-18-13(16)9-8-12(15-14(17)19-2)10-11-6-4-3-5-7-11;3*1-3-4-2;/h3-7,9,12H,10H2,1-2H3,(H,15,17);3*1,3-4H2,2H3;/t12-;;;;/m1..../s1. The molecule has 180 valence electrons. The van der Waals surface area contributed by atoms with Crippen molar-refractivity contribution in [2.45, 2.75) is 85.1 Å². The van der Waals surface area contributed by atoms with Crippen LogP contribution in [0.5, 0.6) is 0 Å². The topological polar surface area (TPSA) is 64.6 Å². The van der Waals surface area contributed by atoms with Crippen LogP contribution in [-0.2, 0) is 20.7 Å². The quantitative estimate of drug-likeness (QED) is 0.155. The van der Waals surface area contributed by atoms with E-state index in [4.69, 9.17) is 9.47 Å². The molecule has 1 aromatic carbocycles. The number of amides is 1. The summed E-state index contributed by atoms with van der Waals surface area (Å²) in [6, 6.07) is 9.90. The summed E-state index contributed by atoms with van der Waals surface area (Å²) in [7, 11) is 2.82. The van der Waals surface area contributed by atoms with Crippen molar-refractivity contribution in [2.24, 2.45) is 0 Å². The van der Waals surface area contributed by atoms with Crippen LogP contribution in [0, 0.1) is 0 Å². The van der Waals surface area contributed by atoms with Crippen molar-refractivity contribution in [3.05, 3.63) is 45.6 Å². The molecule has 0 radical (unpaired) electrons. The average Bonchev–Trinajstić information content (AvgIpc) is 2.82. The first-order valence-electron chi connectivity index (χ1n) is 12.1. The molecule has 1 amide bonds. The van der Waals surface area contributed by atoms with Crippen molar-refractivity contribution in [1.29, 1.82) is 0 Å². The van der Waals surface area contributed by atoms with E-state index in [2.05, 4.69) is 38.2 Å². The predicted molar refractivity (Wildman–Crippen MR) is 134 cm³/mol. The second kappa shape index (κ2) is 16.2. The Bertz CT molecular complexity index is 683. The molecular weight excluding hydrogens is 509 g/mol. The number of hydrogen-bond donors (Lipinski definition) is 1. The van der Waals surface area contributed by atoms with Crippen LogP contribution in [0.3, 0.4) is 0 Å². The fourth-order valence-electron chi connectivity index (χ4n) is 4.45. The molecule has 32 heavy (non-hydrogen) atoms. The summed E-state index contributed by atoms with van der Waals surface area (Å²) < 4.78 is 14.8. The minimum atomic E-state index is -3.05. The van der Waals surface area contributed by atoms with E-state index in [-0.39, 0.29) is 12.0 Å². The average molecular weight is 552 g/mol. The molecule has 1 atom stereocenters. The summed E-state index contributed by atoms with van der Waals surface area (Å²) in [5, 5.41) is 3.09. The van der Waals surface area contributed by atoms with Crippen LogP contribution in [0.4, 0.5) is 4.79 Å². The van der Waals surface area contributed by atoms with Crippen molar-refractivity contribution in [2.75, 3.05) is 14.2 Å². The number of carbonyl (C=O) groups excluding carboxylic acids is 2. The van der Waals surface area contributed by atoms with Crippen LogP contribution in [0.25, 0.3) is 0 Å². The Balaban J connectivity index is 3.60. The van der Waals surface area contributed by atoms with Crippen LogP contribution in [0.2, 0.25) is 13.3 Å². The third-order valence-corrected chi connectivity index (χ3v) is 22.4. The summed E-state index contributed by atoms with van der Waals surface area (Å²) in [5.74, 6) is -0.324. The first-order chi connectivity index (χ1) is 15.5. The third-order valence-electron chi connectivity index (χ3n) is 6.25. The van der Waals surface area contributed by atoms with Gasteiger partial charge in [0.25, 0.3) is 0 Å². The van der Waals surface area contributed by atoms with E-state index in [0.29, 0.717) is 6.42 Å². The van der Waals surface area contributed by atoms with Gasteiger partial charge in [-0.2, -0.15) is 0 Å². The summed E-state index contributed by atoms with van der Waals surface area (Å²) in [5.41, 5.74) is 1.13. The van der Waals surface area contributed by atoms with Gasteiger partial charge in [0.1, 0.15) is 0 Å². The molecule has 0 aliphatic rings. The van der Waals surface area contributed by atoms with Gasteiger partial charge in [-0.1, -0.05) is 0 Å². The number of esters is 1. The number of carbonyl (C=O) groups is 2. The zero-order valence-corrected chi connectivity index (χ0v) is 23.6. The van der Waals surface area contributed by atoms with E-state index < -0.39 is 24.5 Å². The fraction of sp³-hybridized carbons (Fsp3) is 0.615. The van der Waals surface area contributed by atoms with Gasteiger partial charge in [-0.05, 0) is 0 Å². The molecule has 0 fully saturated rings. The second-order valence-corrected chi connectivity index (χ2v) is 21.8. The van der Waals surface area contributed by atoms with Gasteiger partial charge in [0, 0.05) is 0 Å². The van der Waals surface area contributed by atoms with Gasteiger partial charge >= 0.3 is 200 Å². The van der Waals surface area contributed by atoms with Crippen LogP contribution in [0.1, 0.15) is 64.9 Å². The zero-order valence-electron chi connectivity index (χ0n) is 20.7. The molecule has 0 saturated heterocycles. The van der Waals surface area contributed by atoms with Crippen molar-refractivity contribution in [3.8, 4) is 0 Å². The zero-order chi connectivity index (χ0) is 23.8. The normalized spacial score (nSPS) is 12.8. The van der Waals surface area contributed by atoms with Gasteiger partial charge in [0.15, 0.2) is 0 Å². The molecule has 1 rings (SSSR count). The van der Waals surface area contributed by atoms with E-state index in [1.807, 2.05) is 18.2 Å². The Hall–Kier alpha value is -1.50. The number of alkyl carbamates (subject to hydrolysis) is 1. The number of hydrogen-bond acceptors (Lipinski definition) is 4. The summed E-state index contributed by atoms with van der Waals surface area (Å²) >= 11 is -3.05. The van der Waals surface area contributed by atoms with Crippen molar-refractivity contribution in [1.82, 2.24) is 5.32 Å². The number of methoxy groups -OCH3 is 2. The molecule has 0 aliphatic heterocycles. The number of unbranched alkanes of at least 4 members (excludes halogenated alkanes) is 3. The van der Waals surface area contributed by atoms with Gasteiger partial charge in [0.2, 0.25) is 0 Å². The Morgan fingerprint density at radius 2 is 1.44 bits per heavy atom. The second-order valence-electron chi connectivity index (χ2n) is 8.59. The van der Waals surface area contributed by atoms with Crippen LogP contribution in [-0.4, -0.2) is 50.7 Å². The van der Waals surface area contributed by atoms with Gasteiger partial charge in [-0.3, -0.25) is 0 Å². The van der Waals surface area contributed by atoms with E-state index in [1.165, 1.54) is 31.1 Å². The molecule has 1 aromatic rings. The summed E-state index contributed by atoms with van der Waals surface area (Å²) in [4.78, 5) is 25.0. The molecule has 0 aromatic heterocycles. The number of benzene rings is 1. The van der Waals surface area contributed by atoms with Gasteiger partial charge < -0.3 is 0 Å². The van der Waals surface area contributed by atoms with E-state index in [0.717, 1.165) is 44.1 Å². The van der Waals surface area contributed by atoms with E-state index in [9.17, 15) is 9.59 Å². The minimum absolute atomic E-state index is 0.259. The fourth-order valence-corrected chi connectivity index (χ4v) is 21.7. The number of rotatable bonds is 15. The molecule has 1 N–H and O–H groups in total. The SMILES string of the molecule is CCC[CH2][Sn]([CH2]CCC)([CH2]CCC)/[C](=C/C(=O)OC)[C@H](Cc1ccccc1)NC(=O)OC. The van der Waals surface area contributed by atoms with Crippen LogP contribution < -0.4 is 5.32 Å². The maximum absolute atomic E-state index is 12.6. The maximum atomic E-state index is 12.6. The Kier molecular flexibility index (Phi) is 14.4. The van der Waals surface area contributed by atoms with Crippen molar-refractivity contribution < 1.29 is 19.1 Å². The van der Waals surface area contributed by atoms with Crippen molar-refractivity contribution in [3.63, 3.8) is 0 Å². The van der Waals surface area contributed by atoms with Crippen LogP contribution in [0.15, 0.2) is 40.0 Å². The van der Waals surface area contributed by atoms with Gasteiger partial charge in [0.05, 0.1) is 0 Å². The Labute approximate surface area is 199 Å². The molecule has 0 heterocycles. The number of ether oxygens (including phenoxy) is 2. The van der Waals surface area contributed by atoms with Gasteiger partial charge in [-0.25, -0.2) is 0 Å². The molecule has 5 nitrogen and oxygen atoms in total. The van der Waals surface area contributed by atoms with E-state index >= 15 is 0 Å². The first-order valence-corrected chi connectivity index (χ1v) is 19.6. The summed E-state index contributed by atoms with van der Waals surface area (Å²) in [6.07, 6.45) is 8.82. The summed E-state index contributed by atoms with van der Waals surface area (Å²) in [6.45, 7) is 6.69. The molecule has 0 bridgehead atoms. The molecule has 6 heteroatoms. The van der Waals surface area contributed by atoms with Gasteiger partial charge in [-0.15, -0.1) is 0 Å². The molecule has 0 unspecified atom stereocenters. The first kappa shape index (κ1) is 28.5. The Morgan fingerprint density at radius 1 is 0.906 bits per heavy atom. The van der Waals surface area contributed by atoms with Crippen molar-refractivity contribution >= 4 is 30.4 Å². The molecule has 0 spiro atoms. The monoisotopic (exact) mass is 553 g/mol. The number of nitrogens with one attached hydrogen (secondary N) is 1.